The normalized spacial score (nSPS) is 18.6. The highest BCUT2D eigenvalue weighted by atomic mass is 16.5. The zero-order valence-corrected chi connectivity index (χ0v) is 23.6. The molecule has 0 saturated heterocycles. The Balaban J connectivity index is 1.38. The number of amides is 2. The Labute approximate surface area is 231 Å². The standard InChI is InChI=1S/C29H41N7O3/c1-34(2)16-8-15-30-26(37)20-11-12-22(24(17-20)39-4)32-28-31-18-23-25(33-28)36(21-9-6-5-7-10-21)19-29(13-14-29)27(38)35(23)3/h11-12,17-18,21H,5-10,13-16,19H2,1-4H3,(H,30,37)(H,31,32,33). The number of ether oxygens (including phenoxy) is 1. The number of fused-ring (bicyclic) bond motifs is 1. The van der Waals surface area contributed by atoms with Crippen LogP contribution in [0.2, 0.25) is 0 Å². The number of carbonyl (C=O) groups excluding carboxylic acids is 2. The van der Waals surface area contributed by atoms with E-state index in [0.717, 1.165) is 50.2 Å². The average Bonchev–Trinajstić information content (AvgIpc) is 3.75. The number of nitrogens with zero attached hydrogens (tertiary/aromatic N) is 5. The molecule has 2 saturated carbocycles. The number of nitrogens with one attached hydrogen (secondary N) is 2. The van der Waals surface area contributed by atoms with Gasteiger partial charge in [-0.25, -0.2) is 4.98 Å². The fourth-order valence-electron chi connectivity index (χ4n) is 5.78. The summed E-state index contributed by atoms with van der Waals surface area (Å²) in [4.78, 5) is 41.8. The van der Waals surface area contributed by atoms with Gasteiger partial charge in [0.15, 0.2) is 5.82 Å². The van der Waals surface area contributed by atoms with Gasteiger partial charge in [-0.1, -0.05) is 19.3 Å². The molecular formula is C29H41N7O3. The van der Waals surface area contributed by atoms with Crippen LogP contribution in [0.25, 0.3) is 0 Å². The van der Waals surface area contributed by atoms with E-state index in [-0.39, 0.29) is 17.2 Å². The first-order valence-electron chi connectivity index (χ1n) is 14.1. The van der Waals surface area contributed by atoms with Gasteiger partial charge in [0.2, 0.25) is 11.9 Å². The summed E-state index contributed by atoms with van der Waals surface area (Å²) in [6.07, 6.45) is 10.4. The van der Waals surface area contributed by atoms with E-state index in [1.54, 1.807) is 30.3 Å². The third-order valence-electron chi connectivity index (χ3n) is 8.26. The third kappa shape index (κ3) is 5.80. The number of carbonyl (C=O) groups is 2. The van der Waals surface area contributed by atoms with Gasteiger partial charge in [-0.05, 0) is 70.9 Å². The molecule has 0 atom stereocenters. The molecule has 10 heteroatoms. The van der Waals surface area contributed by atoms with Crippen molar-refractivity contribution in [2.24, 2.45) is 5.41 Å². The molecule has 1 aromatic heterocycles. The second kappa shape index (κ2) is 11.4. The molecule has 0 unspecified atom stereocenters. The number of rotatable bonds is 9. The lowest BCUT2D eigenvalue weighted by atomic mass is 9.93. The molecule has 1 aromatic carbocycles. The molecule has 39 heavy (non-hydrogen) atoms. The van der Waals surface area contributed by atoms with Crippen LogP contribution in [-0.4, -0.2) is 80.6 Å². The van der Waals surface area contributed by atoms with Crippen molar-refractivity contribution in [2.75, 3.05) is 63.0 Å². The molecule has 5 rings (SSSR count). The maximum atomic E-state index is 13.4. The second-order valence-corrected chi connectivity index (χ2v) is 11.4. The van der Waals surface area contributed by atoms with Gasteiger partial charge in [-0.15, -0.1) is 0 Å². The molecule has 1 spiro atoms. The monoisotopic (exact) mass is 535 g/mol. The molecule has 3 aliphatic rings. The Kier molecular flexibility index (Phi) is 7.93. The number of hydrogen-bond donors (Lipinski definition) is 2. The van der Waals surface area contributed by atoms with E-state index in [0.29, 0.717) is 42.1 Å². The molecular weight excluding hydrogens is 494 g/mol. The lowest BCUT2D eigenvalue weighted by molar-refractivity contribution is -0.123. The molecule has 2 aliphatic carbocycles. The molecule has 210 valence electrons. The van der Waals surface area contributed by atoms with Crippen molar-refractivity contribution < 1.29 is 14.3 Å². The zero-order chi connectivity index (χ0) is 27.6. The van der Waals surface area contributed by atoms with Gasteiger partial charge in [-0.2, -0.15) is 4.98 Å². The third-order valence-corrected chi connectivity index (χ3v) is 8.26. The van der Waals surface area contributed by atoms with E-state index in [2.05, 4.69) is 25.4 Å². The Hall–Kier alpha value is -3.40. The number of anilines is 4. The Bertz CT molecular complexity index is 1210. The first kappa shape index (κ1) is 27.2. The molecule has 2 fully saturated rings. The van der Waals surface area contributed by atoms with E-state index in [9.17, 15) is 9.59 Å². The summed E-state index contributed by atoms with van der Waals surface area (Å²) < 4.78 is 5.61. The van der Waals surface area contributed by atoms with E-state index >= 15 is 0 Å². The summed E-state index contributed by atoms with van der Waals surface area (Å²) in [5, 5.41) is 6.26. The van der Waals surface area contributed by atoms with Crippen LogP contribution in [-0.2, 0) is 4.79 Å². The smallest absolute Gasteiger partial charge is 0.251 e. The number of methoxy groups -OCH3 is 1. The molecule has 1 aliphatic heterocycles. The van der Waals surface area contributed by atoms with Crippen molar-refractivity contribution in [2.45, 2.75) is 57.4 Å². The van der Waals surface area contributed by atoms with Crippen molar-refractivity contribution >= 4 is 35.0 Å². The van der Waals surface area contributed by atoms with Gasteiger partial charge < -0.3 is 30.1 Å². The summed E-state index contributed by atoms with van der Waals surface area (Å²) in [5.41, 5.74) is 1.66. The number of benzene rings is 1. The first-order valence-corrected chi connectivity index (χ1v) is 14.1. The second-order valence-electron chi connectivity index (χ2n) is 11.4. The minimum Gasteiger partial charge on any atom is -0.495 e. The summed E-state index contributed by atoms with van der Waals surface area (Å²) in [6, 6.07) is 5.69. The zero-order valence-electron chi connectivity index (χ0n) is 23.6. The van der Waals surface area contributed by atoms with Gasteiger partial charge in [0.1, 0.15) is 11.4 Å². The van der Waals surface area contributed by atoms with Crippen molar-refractivity contribution in [3.8, 4) is 5.75 Å². The Morgan fingerprint density at radius 1 is 1.21 bits per heavy atom. The van der Waals surface area contributed by atoms with Gasteiger partial charge in [0.25, 0.3) is 5.91 Å². The van der Waals surface area contributed by atoms with Crippen LogP contribution in [0.15, 0.2) is 24.4 Å². The predicted octanol–water partition coefficient (Wildman–Crippen LogP) is 3.81. The maximum absolute atomic E-state index is 13.4. The number of aromatic nitrogens is 2. The lowest BCUT2D eigenvalue weighted by Gasteiger charge is -2.36. The molecule has 10 nitrogen and oxygen atoms in total. The fraction of sp³-hybridized carbons (Fsp3) is 0.586. The molecule has 2 heterocycles. The SMILES string of the molecule is COc1cc(C(=O)NCCCN(C)C)ccc1Nc1ncc2c(n1)N(C1CCCCC1)CC1(CC1)C(=O)N2C. The van der Waals surface area contributed by atoms with Crippen LogP contribution in [0.1, 0.15) is 61.7 Å². The minimum absolute atomic E-state index is 0.135. The Morgan fingerprint density at radius 3 is 2.67 bits per heavy atom. The Morgan fingerprint density at radius 2 is 1.97 bits per heavy atom. The van der Waals surface area contributed by atoms with Gasteiger partial charge in [0, 0.05) is 31.7 Å². The quantitative estimate of drug-likeness (QED) is 0.468. The highest BCUT2D eigenvalue weighted by Crippen LogP contribution is 2.52. The van der Waals surface area contributed by atoms with Crippen LogP contribution in [0, 0.1) is 5.41 Å². The van der Waals surface area contributed by atoms with Crippen molar-refractivity contribution in [3.63, 3.8) is 0 Å². The van der Waals surface area contributed by atoms with Crippen LogP contribution < -0.4 is 25.2 Å². The van der Waals surface area contributed by atoms with E-state index in [4.69, 9.17) is 9.72 Å². The van der Waals surface area contributed by atoms with Crippen LogP contribution in [0.5, 0.6) is 5.75 Å². The average molecular weight is 536 g/mol. The summed E-state index contributed by atoms with van der Waals surface area (Å²) in [6.45, 7) is 2.24. The largest absolute Gasteiger partial charge is 0.495 e. The summed E-state index contributed by atoms with van der Waals surface area (Å²) in [5.74, 6) is 1.81. The maximum Gasteiger partial charge on any atom is 0.251 e. The van der Waals surface area contributed by atoms with Crippen molar-refractivity contribution in [1.29, 1.82) is 0 Å². The molecule has 2 aromatic rings. The summed E-state index contributed by atoms with van der Waals surface area (Å²) >= 11 is 0. The highest BCUT2D eigenvalue weighted by Gasteiger charge is 2.55. The topological polar surface area (TPSA) is 103 Å². The first-order chi connectivity index (χ1) is 18.8. The van der Waals surface area contributed by atoms with E-state index in [1.165, 1.54) is 19.3 Å². The number of hydrogen-bond acceptors (Lipinski definition) is 8. The van der Waals surface area contributed by atoms with Crippen molar-refractivity contribution in [1.82, 2.24) is 20.2 Å². The van der Waals surface area contributed by atoms with Gasteiger partial charge in [0.05, 0.1) is 24.4 Å². The molecule has 0 radical (unpaired) electrons. The molecule has 2 N–H and O–H groups in total. The van der Waals surface area contributed by atoms with Crippen molar-refractivity contribution in [3.05, 3.63) is 30.0 Å². The minimum atomic E-state index is -0.299. The summed E-state index contributed by atoms with van der Waals surface area (Å²) in [7, 11) is 7.45. The van der Waals surface area contributed by atoms with Crippen LogP contribution in [0.4, 0.5) is 23.1 Å². The van der Waals surface area contributed by atoms with E-state index in [1.807, 2.05) is 27.2 Å². The van der Waals surface area contributed by atoms with Crippen LogP contribution in [0.3, 0.4) is 0 Å². The fourth-order valence-corrected chi connectivity index (χ4v) is 5.78. The predicted molar refractivity (Wildman–Crippen MR) is 153 cm³/mol. The van der Waals surface area contributed by atoms with Gasteiger partial charge >= 0.3 is 0 Å². The molecule has 0 bridgehead atoms. The van der Waals surface area contributed by atoms with Gasteiger partial charge in [-0.3, -0.25) is 9.59 Å². The highest BCUT2D eigenvalue weighted by molar-refractivity contribution is 6.03. The molecule has 2 amide bonds. The lowest BCUT2D eigenvalue weighted by Crippen LogP contribution is -2.43. The van der Waals surface area contributed by atoms with Crippen LogP contribution >= 0.6 is 0 Å². The van der Waals surface area contributed by atoms with E-state index < -0.39 is 0 Å².